The van der Waals surface area contributed by atoms with Crippen LogP contribution in [0.5, 0.6) is 0 Å². The fourth-order valence-electron chi connectivity index (χ4n) is 1.79. The van der Waals surface area contributed by atoms with Gasteiger partial charge in [0.25, 0.3) is 0 Å². The fraction of sp³-hybridized carbons (Fsp3) is 0.667. The number of aromatic nitrogens is 3. The fourth-order valence-corrected chi connectivity index (χ4v) is 1.95. The normalized spacial score (nSPS) is 17.8. The molecular weight excluding hydrogens is 230 g/mol. The van der Waals surface area contributed by atoms with Crippen LogP contribution in [0.3, 0.4) is 0 Å². The van der Waals surface area contributed by atoms with Crippen molar-refractivity contribution in [2.45, 2.75) is 18.9 Å². The second-order valence-electron chi connectivity index (χ2n) is 3.68. The minimum Gasteiger partial charge on any atom is -0.381 e. The molecule has 1 aliphatic heterocycles. The van der Waals surface area contributed by atoms with Crippen LogP contribution in [0.4, 0.5) is 11.9 Å². The topological polar surface area (TPSA) is 77.2 Å². The van der Waals surface area contributed by atoms with E-state index in [-0.39, 0.29) is 11.2 Å². The van der Waals surface area contributed by atoms with Gasteiger partial charge < -0.3 is 15.4 Å². The van der Waals surface area contributed by atoms with Gasteiger partial charge in [-0.3, -0.25) is 0 Å². The van der Waals surface area contributed by atoms with E-state index in [1.165, 1.54) is 0 Å². The number of anilines is 2. The van der Waals surface area contributed by atoms with E-state index in [0.717, 1.165) is 25.9 Å². The average molecular weight is 244 g/mol. The molecule has 1 saturated heterocycles. The van der Waals surface area contributed by atoms with Crippen LogP contribution in [0.2, 0.25) is 5.28 Å². The first-order chi connectivity index (χ1) is 7.69. The maximum Gasteiger partial charge on any atom is 0.231 e. The van der Waals surface area contributed by atoms with Gasteiger partial charge in [0.15, 0.2) is 0 Å². The van der Waals surface area contributed by atoms with Crippen LogP contribution in [0.25, 0.3) is 0 Å². The van der Waals surface area contributed by atoms with Gasteiger partial charge in [-0.2, -0.15) is 15.0 Å². The minimum absolute atomic E-state index is 0.136. The smallest absolute Gasteiger partial charge is 0.231 e. The first-order valence-electron chi connectivity index (χ1n) is 5.14. The molecule has 0 amide bonds. The summed E-state index contributed by atoms with van der Waals surface area (Å²) in [5.41, 5.74) is 5.52. The third-order valence-electron chi connectivity index (χ3n) is 2.67. The number of nitrogen functional groups attached to an aromatic ring is 1. The van der Waals surface area contributed by atoms with Gasteiger partial charge in [0, 0.05) is 20.2 Å². The van der Waals surface area contributed by atoms with Crippen LogP contribution in [0.1, 0.15) is 12.8 Å². The molecule has 1 aliphatic rings. The molecular formula is C9H14ClN5O. The Morgan fingerprint density at radius 3 is 2.56 bits per heavy atom. The van der Waals surface area contributed by atoms with Crippen LogP contribution in [0, 0.1) is 0 Å². The highest BCUT2D eigenvalue weighted by atomic mass is 35.5. The number of piperidine rings is 1. The summed E-state index contributed by atoms with van der Waals surface area (Å²) in [5.74, 6) is 0.705. The van der Waals surface area contributed by atoms with Crippen LogP contribution < -0.4 is 10.6 Å². The molecule has 0 atom stereocenters. The molecule has 2 heterocycles. The quantitative estimate of drug-likeness (QED) is 0.825. The summed E-state index contributed by atoms with van der Waals surface area (Å²) in [6.45, 7) is 1.69. The van der Waals surface area contributed by atoms with Crippen molar-refractivity contribution >= 4 is 23.5 Å². The Morgan fingerprint density at radius 2 is 2.00 bits per heavy atom. The first kappa shape index (κ1) is 11.3. The lowest BCUT2D eigenvalue weighted by Crippen LogP contribution is -2.37. The summed E-state index contributed by atoms with van der Waals surface area (Å²) < 4.78 is 5.29. The highest BCUT2D eigenvalue weighted by Gasteiger charge is 2.21. The predicted octanol–water partition coefficient (Wildman–Crippen LogP) is 0.722. The molecule has 88 valence electrons. The Hall–Kier alpha value is -1.14. The van der Waals surface area contributed by atoms with Gasteiger partial charge in [0.05, 0.1) is 6.10 Å². The maximum absolute atomic E-state index is 5.73. The molecule has 1 fully saturated rings. The monoisotopic (exact) mass is 243 g/mol. The summed E-state index contributed by atoms with van der Waals surface area (Å²) >= 11 is 5.73. The molecule has 0 aromatic carbocycles. The summed E-state index contributed by atoms with van der Waals surface area (Å²) in [4.78, 5) is 13.9. The van der Waals surface area contributed by atoms with Crippen LogP contribution >= 0.6 is 11.6 Å². The number of hydrogen-bond donors (Lipinski definition) is 1. The van der Waals surface area contributed by atoms with E-state index in [2.05, 4.69) is 15.0 Å². The lowest BCUT2D eigenvalue weighted by molar-refractivity contribution is 0.0816. The van der Waals surface area contributed by atoms with Gasteiger partial charge in [-0.1, -0.05) is 0 Å². The van der Waals surface area contributed by atoms with E-state index in [0.29, 0.717) is 12.1 Å². The first-order valence-corrected chi connectivity index (χ1v) is 5.51. The number of rotatable bonds is 2. The van der Waals surface area contributed by atoms with E-state index in [4.69, 9.17) is 22.1 Å². The molecule has 0 unspecified atom stereocenters. The zero-order valence-electron chi connectivity index (χ0n) is 9.06. The Balaban J connectivity index is 2.08. The van der Waals surface area contributed by atoms with Crippen molar-refractivity contribution in [3.63, 3.8) is 0 Å². The van der Waals surface area contributed by atoms with E-state index in [9.17, 15) is 0 Å². The van der Waals surface area contributed by atoms with Gasteiger partial charge in [-0.25, -0.2) is 0 Å². The molecule has 0 saturated carbocycles. The van der Waals surface area contributed by atoms with Gasteiger partial charge in [0.1, 0.15) is 0 Å². The second kappa shape index (κ2) is 4.80. The average Bonchev–Trinajstić information content (AvgIpc) is 2.28. The lowest BCUT2D eigenvalue weighted by atomic mass is 10.1. The molecule has 1 aromatic heterocycles. The summed E-state index contributed by atoms with van der Waals surface area (Å²) in [7, 11) is 1.73. The van der Waals surface area contributed by atoms with Crippen molar-refractivity contribution in [1.29, 1.82) is 0 Å². The zero-order chi connectivity index (χ0) is 11.5. The highest BCUT2D eigenvalue weighted by molar-refractivity contribution is 6.28. The van der Waals surface area contributed by atoms with Crippen molar-refractivity contribution in [1.82, 2.24) is 15.0 Å². The Morgan fingerprint density at radius 1 is 1.31 bits per heavy atom. The summed E-state index contributed by atoms with van der Waals surface area (Å²) in [5, 5.41) is 0.136. The van der Waals surface area contributed by atoms with Crippen molar-refractivity contribution in [3.05, 3.63) is 5.28 Å². The molecule has 2 N–H and O–H groups in total. The SMILES string of the molecule is COC1CCN(c2nc(N)nc(Cl)n2)CC1. The largest absolute Gasteiger partial charge is 0.381 e. The number of nitrogens with zero attached hydrogens (tertiary/aromatic N) is 4. The zero-order valence-corrected chi connectivity index (χ0v) is 9.81. The maximum atomic E-state index is 5.73. The number of methoxy groups -OCH3 is 1. The Bertz CT molecular complexity index is 347. The van der Waals surface area contributed by atoms with Crippen molar-refractivity contribution in [3.8, 4) is 0 Å². The predicted molar refractivity (Wildman–Crippen MR) is 61.5 cm³/mol. The summed E-state index contributed by atoms with van der Waals surface area (Å²) in [6.07, 6.45) is 2.24. The number of ether oxygens (including phenoxy) is 1. The van der Waals surface area contributed by atoms with Gasteiger partial charge in [-0.15, -0.1) is 0 Å². The van der Waals surface area contributed by atoms with E-state index in [1.807, 2.05) is 4.90 Å². The molecule has 0 radical (unpaired) electrons. The molecule has 7 heteroatoms. The van der Waals surface area contributed by atoms with Crippen LogP contribution in [-0.4, -0.2) is 41.3 Å². The number of nitrogens with two attached hydrogens (primary N) is 1. The van der Waals surface area contributed by atoms with Crippen LogP contribution in [0.15, 0.2) is 0 Å². The second-order valence-corrected chi connectivity index (χ2v) is 4.02. The van der Waals surface area contributed by atoms with E-state index in [1.54, 1.807) is 7.11 Å². The minimum atomic E-state index is 0.136. The Labute approximate surface area is 98.8 Å². The molecule has 2 rings (SSSR count). The van der Waals surface area contributed by atoms with Gasteiger partial charge >= 0.3 is 0 Å². The summed E-state index contributed by atoms with van der Waals surface area (Å²) in [6, 6.07) is 0. The molecule has 16 heavy (non-hydrogen) atoms. The molecule has 6 nitrogen and oxygen atoms in total. The standard InChI is InChI=1S/C9H14ClN5O/c1-16-6-2-4-15(5-3-6)9-13-7(10)12-8(11)14-9/h6H,2-5H2,1H3,(H2,11,12,13,14). The van der Waals surface area contributed by atoms with Gasteiger partial charge in [-0.05, 0) is 24.4 Å². The Kier molecular flexibility index (Phi) is 3.40. The molecule has 0 bridgehead atoms. The van der Waals surface area contributed by atoms with Crippen LogP contribution in [-0.2, 0) is 4.74 Å². The number of hydrogen-bond acceptors (Lipinski definition) is 6. The highest BCUT2D eigenvalue weighted by Crippen LogP contribution is 2.19. The molecule has 0 spiro atoms. The lowest BCUT2D eigenvalue weighted by Gasteiger charge is -2.31. The van der Waals surface area contributed by atoms with E-state index < -0.39 is 0 Å². The number of halogens is 1. The van der Waals surface area contributed by atoms with Crippen molar-refractivity contribution in [2.75, 3.05) is 30.8 Å². The van der Waals surface area contributed by atoms with Crippen molar-refractivity contribution in [2.24, 2.45) is 0 Å². The molecule has 1 aromatic rings. The van der Waals surface area contributed by atoms with Gasteiger partial charge in [0.2, 0.25) is 17.2 Å². The third kappa shape index (κ3) is 2.51. The third-order valence-corrected chi connectivity index (χ3v) is 2.84. The van der Waals surface area contributed by atoms with Crippen molar-refractivity contribution < 1.29 is 4.74 Å². The molecule has 0 aliphatic carbocycles. The van der Waals surface area contributed by atoms with E-state index >= 15 is 0 Å².